The Morgan fingerprint density at radius 1 is 1.11 bits per heavy atom. The Morgan fingerprint density at radius 3 is 2.47 bits per heavy atom. The molecule has 2 aliphatic rings. The summed E-state index contributed by atoms with van der Waals surface area (Å²) < 4.78 is 50.6. The van der Waals surface area contributed by atoms with Crippen LogP contribution in [0.25, 0.3) is 0 Å². The van der Waals surface area contributed by atoms with E-state index in [2.05, 4.69) is 5.32 Å². The van der Waals surface area contributed by atoms with Crippen molar-refractivity contribution in [2.75, 3.05) is 38.7 Å². The molecule has 3 rings (SSSR count). The summed E-state index contributed by atoms with van der Waals surface area (Å²) in [7, 11) is 1.46. The van der Waals surface area contributed by atoms with Crippen molar-refractivity contribution in [2.45, 2.75) is 109 Å². The topological polar surface area (TPSA) is 108 Å². The molecule has 1 saturated carbocycles. The summed E-state index contributed by atoms with van der Waals surface area (Å²) in [5.74, 6) is -1.14. The molecule has 1 aromatic carbocycles. The number of ether oxygens (including phenoxy) is 2. The molecule has 0 radical (unpaired) electrons. The summed E-state index contributed by atoms with van der Waals surface area (Å²) in [5.41, 5.74) is 0.740. The number of halogens is 3. The van der Waals surface area contributed by atoms with Crippen LogP contribution in [-0.2, 0) is 14.3 Å². The smallest absolute Gasteiger partial charge is 0.389 e. The van der Waals surface area contributed by atoms with Crippen LogP contribution >= 0.6 is 0 Å². The van der Waals surface area contributed by atoms with Crippen LogP contribution < -0.4 is 10.1 Å². The molecular weight excluding hydrogens is 591 g/mol. The fourth-order valence-corrected chi connectivity index (χ4v) is 5.88. The highest BCUT2D eigenvalue weighted by Gasteiger charge is 2.33. The first kappa shape index (κ1) is 36.6. The first-order valence-electron chi connectivity index (χ1n) is 16.2. The van der Waals surface area contributed by atoms with Crippen molar-refractivity contribution in [2.24, 2.45) is 11.8 Å². The van der Waals surface area contributed by atoms with Crippen molar-refractivity contribution in [1.82, 2.24) is 9.80 Å². The quantitative estimate of drug-likeness (QED) is 0.372. The number of carbonyl (C=O) groups excluding carboxylic acids is 3. The van der Waals surface area contributed by atoms with Crippen molar-refractivity contribution in [3.05, 3.63) is 23.8 Å². The highest BCUT2D eigenvalue weighted by Crippen LogP contribution is 2.30. The van der Waals surface area contributed by atoms with Crippen LogP contribution in [0.5, 0.6) is 5.75 Å². The maximum absolute atomic E-state index is 14.2. The lowest BCUT2D eigenvalue weighted by atomic mass is 9.88. The standard InChI is InChI=1S/C33H50F3N3O6/c1-22-19-39(23(2)21-40)32(43)27-18-26(37-31(42)25-11-6-5-7-12-25)13-14-28(27)45-24(3)10-8-9-17-44-29(22)20-38(4)30(41)15-16-33(34,35)36/h13-14,18,22-25,29,40H,5-12,15-17,19-21H2,1-4H3,(H,37,42)/t22-,23+,24-,29+/m1/s1. The van der Waals surface area contributed by atoms with Crippen LogP contribution in [-0.4, -0.2) is 90.4 Å². The maximum Gasteiger partial charge on any atom is 0.389 e. The van der Waals surface area contributed by atoms with Crippen LogP contribution in [0, 0.1) is 11.8 Å². The molecule has 45 heavy (non-hydrogen) atoms. The van der Waals surface area contributed by atoms with Gasteiger partial charge in [0.05, 0.1) is 36.8 Å². The van der Waals surface area contributed by atoms with Crippen molar-refractivity contribution in [3.8, 4) is 5.75 Å². The van der Waals surface area contributed by atoms with Gasteiger partial charge in [0.15, 0.2) is 0 Å². The first-order valence-corrected chi connectivity index (χ1v) is 16.2. The lowest BCUT2D eigenvalue weighted by Gasteiger charge is -2.36. The second kappa shape index (κ2) is 17.2. The Labute approximate surface area is 264 Å². The average molecular weight is 642 g/mol. The number of aliphatic hydroxyl groups is 1. The minimum absolute atomic E-state index is 0.0564. The van der Waals surface area contributed by atoms with E-state index >= 15 is 0 Å². The highest BCUT2D eigenvalue weighted by atomic mass is 19.4. The molecule has 0 aromatic heterocycles. The zero-order valence-corrected chi connectivity index (χ0v) is 27.0. The fourth-order valence-electron chi connectivity index (χ4n) is 5.88. The Kier molecular flexibility index (Phi) is 14.0. The van der Waals surface area contributed by atoms with Crippen molar-refractivity contribution in [3.63, 3.8) is 0 Å². The van der Waals surface area contributed by atoms with Crippen LogP contribution in [0.1, 0.15) is 95.3 Å². The van der Waals surface area contributed by atoms with Gasteiger partial charge in [-0.1, -0.05) is 26.2 Å². The number of amides is 3. The van der Waals surface area contributed by atoms with E-state index < -0.39 is 43.0 Å². The van der Waals surface area contributed by atoms with E-state index in [1.807, 2.05) is 13.8 Å². The predicted octanol–water partition coefficient (Wildman–Crippen LogP) is 5.80. The van der Waals surface area contributed by atoms with E-state index in [-0.39, 0.29) is 49.1 Å². The van der Waals surface area contributed by atoms with Gasteiger partial charge in [0.1, 0.15) is 5.75 Å². The summed E-state index contributed by atoms with van der Waals surface area (Å²) in [6, 6.07) is 4.47. The summed E-state index contributed by atoms with van der Waals surface area (Å²) in [5, 5.41) is 13.1. The van der Waals surface area contributed by atoms with Gasteiger partial charge < -0.3 is 29.7 Å². The third kappa shape index (κ3) is 11.5. The van der Waals surface area contributed by atoms with Crippen LogP contribution in [0.2, 0.25) is 0 Å². The second-order valence-corrected chi connectivity index (χ2v) is 12.7. The molecule has 9 nitrogen and oxygen atoms in total. The Morgan fingerprint density at radius 2 is 1.80 bits per heavy atom. The molecule has 1 aromatic rings. The van der Waals surface area contributed by atoms with E-state index in [4.69, 9.17) is 9.47 Å². The normalized spacial score (nSPS) is 23.3. The van der Waals surface area contributed by atoms with E-state index in [0.717, 1.165) is 38.5 Å². The van der Waals surface area contributed by atoms with Gasteiger partial charge in [-0.3, -0.25) is 14.4 Å². The van der Waals surface area contributed by atoms with Crippen LogP contribution in [0.15, 0.2) is 18.2 Å². The number of hydrogen-bond donors (Lipinski definition) is 2. The maximum atomic E-state index is 14.2. The van der Waals surface area contributed by atoms with Crippen LogP contribution in [0.3, 0.4) is 0 Å². The minimum atomic E-state index is -4.43. The molecule has 1 aliphatic heterocycles. The Bertz CT molecular complexity index is 1130. The summed E-state index contributed by atoms with van der Waals surface area (Å²) in [6.45, 7) is 5.75. The Hall–Kier alpha value is -2.86. The zero-order chi connectivity index (χ0) is 33.1. The number of nitrogens with zero attached hydrogens (tertiary/aromatic N) is 2. The van der Waals surface area contributed by atoms with Crippen LogP contribution in [0.4, 0.5) is 18.9 Å². The largest absolute Gasteiger partial charge is 0.490 e. The van der Waals surface area contributed by atoms with Crippen molar-refractivity contribution < 1.29 is 42.1 Å². The van der Waals surface area contributed by atoms with Gasteiger partial charge in [0.25, 0.3) is 5.91 Å². The van der Waals surface area contributed by atoms with Gasteiger partial charge in [-0.25, -0.2) is 0 Å². The number of rotatable bonds is 8. The monoisotopic (exact) mass is 641 g/mol. The summed E-state index contributed by atoms with van der Waals surface area (Å²) >= 11 is 0. The Balaban J connectivity index is 1.88. The van der Waals surface area contributed by atoms with Gasteiger partial charge in [-0.15, -0.1) is 0 Å². The molecule has 4 atom stereocenters. The second-order valence-electron chi connectivity index (χ2n) is 12.7. The van der Waals surface area contributed by atoms with Gasteiger partial charge >= 0.3 is 6.18 Å². The van der Waals surface area contributed by atoms with Gasteiger partial charge in [-0.2, -0.15) is 13.2 Å². The first-order chi connectivity index (χ1) is 21.3. The zero-order valence-electron chi connectivity index (χ0n) is 27.0. The number of hydrogen-bond acceptors (Lipinski definition) is 6. The van der Waals surface area contributed by atoms with E-state index in [1.54, 1.807) is 25.1 Å². The molecule has 254 valence electrons. The molecule has 0 bridgehead atoms. The lowest BCUT2D eigenvalue weighted by molar-refractivity contribution is -0.149. The number of carbonyl (C=O) groups is 3. The molecule has 0 unspecified atom stereocenters. The number of alkyl halides is 3. The average Bonchev–Trinajstić information content (AvgIpc) is 3.01. The predicted molar refractivity (Wildman–Crippen MR) is 165 cm³/mol. The van der Waals surface area contributed by atoms with E-state index in [9.17, 15) is 32.7 Å². The minimum Gasteiger partial charge on any atom is -0.490 e. The number of likely N-dealkylation sites (N-methyl/N-ethyl adjacent to an activating group) is 1. The molecule has 0 spiro atoms. The summed E-state index contributed by atoms with van der Waals surface area (Å²) in [4.78, 5) is 42.5. The number of fused-ring (bicyclic) bond motifs is 1. The van der Waals surface area contributed by atoms with E-state index in [1.165, 1.54) is 16.8 Å². The third-order valence-electron chi connectivity index (χ3n) is 8.80. The molecule has 1 aliphatic carbocycles. The third-order valence-corrected chi connectivity index (χ3v) is 8.80. The number of aliphatic hydroxyl groups excluding tert-OH is 1. The molecule has 2 N–H and O–H groups in total. The number of anilines is 1. The van der Waals surface area contributed by atoms with Gasteiger partial charge in [-0.05, 0) is 64.2 Å². The number of nitrogens with one attached hydrogen (secondary N) is 1. The molecular formula is C33H50F3N3O6. The van der Waals surface area contributed by atoms with Gasteiger partial charge in [0.2, 0.25) is 11.8 Å². The summed E-state index contributed by atoms with van der Waals surface area (Å²) in [6.07, 6.45) is -0.0793. The lowest BCUT2D eigenvalue weighted by Crippen LogP contribution is -2.48. The molecule has 0 saturated heterocycles. The molecule has 1 fully saturated rings. The van der Waals surface area contributed by atoms with Crippen molar-refractivity contribution in [1.29, 1.82) is 0 Å². The molecule has 12 heteroatoms. The molecule has 1 heterocycles. The highest BCUT2D eigenvalue weighted by molar-refractivity contribution is 6.00. The van der Waals surface area contributed by atoms with Crippen molar-refractivity contribution >= 4 is 23.4 Å². The number of benzene rings is 1. The fraction of sp³-hybridized carbons (Fsp3) is 0.727. The van der Waals surface area contributed by atoms with E-state index in [0.29, 0.717) is 30.9 Å². The SMILES string of the molecule is C[C@@H]1CCCCO[C@@H](CN(C)C(=O)CCC(F)(F)F)[C@H](C)CN([C@@H](C)CO)C(=O)c2cc(NC(=O)C3CCCCC3)ccc2O1. The molecule has 3 amide bonds. The van der Waals surface area contributed by atoms with Gasteiger partial charge in [0, 0.05) is 50.7 Å².